The quantitative estimate of drug-likeness (QED) is 0.410. The summed E-state index contributed by atoms with van der Waals surface area (Å²) in [5.41, 5.74) is 3.17. The summed E-state index contributed by atoms with van der Waals surface area (Å²) in [6.45, 7) is 29.1. The molecule has 0 saturated carbocycles. The molecule has 2 fully saturated rings. The summed E-state index contributed by atoms with van der Waals surface area (Å²) < 4.78 is 11.7. The summed E-state index contributed by atoms with van der Waals surface area (Å²) in [5, 5.41) is 0. The standard InChI is InChI=1S/C30H48N4Si2/c1-27(2,3)31-25(23-19-15-13-16-20-23)32(28(4,5)6)35(31)36-33(29(7,8)9)26(34(36)30(10,11)12)24-21-17-14-18-22-24/h13-22,25-26H,1-12H3. The van der Waals surface area contributed by atoms with E-state index in [-0.39, 0.29) is 22.2 Å². The highest BCUT2D eigenvalue weighted by Gasteiger charge is 2.70. The molecule has 0 amide bonds. The first-order chi connectivity index (χ1) is 16.5. The SMILES string of the molecule is CC(C)(C)N1C(c2ccccc2)N(C(C)(C)C)[Si]1[Si]1N(C(C)(C)C)C(c2ccccc2)N1C(C)(C)C. The largest absolute Gasteiger partial charge is 0.289 e. The number of benzene rings is 2. The third-order valence-electron chi connectivity index (χ3n) is 7.18. The Morgan fingerprint density at radius 3 is 0.833 bits per heavy atom. The molecule has 196 valence electrons. The smallest absolute Gasteiger partial charge is 0.255 e. The lowest BCUT2D eigenvalue weighted by atomic mass is 10.0. The second kappa shape index (κ2) is 9.17. The molecule has 0 atom stereocenters. The van der Waals surface area contributed by atoms with Crippen molar-refractivity contribution in [3.05, 3.63) is 71.8 Å². The van der Waals surface area contributed by atoms with E-state index in [0.29, 0.717) is 12.3 Å². The average molecular weight is 521 g/mol. The molecule has 2 aromatic carbocycles. The zero-order valence-corrected chi connectivity index (χ0v) is 26.7. The summed E-state index contributed by atoms with van der Waals surface area (Å²) in [6.07, 6.45) is 0.633. The van der Waals surface area contributed by atoms with Crippen molar-refractivity contribution in [1.82, 2.24) is 18.3 Å². The van der Waals surface area contributed by atoms with Gasteiger partial charge in [0.15, 0.2) is 0 Å². The Morgan fingerprint density at radius 2 is 0.639 bits per heavy atom. The van der Waals surface area contributed by atoms with Gasteiger partial charge in [0.25, 0.3) is 17.3 Å². The summed E-state index contributed by atoms with van der Waals surface area (Å²) >= 11 is 0. The maximum Gasteiger partial charge on any atom is 0.255 e. The average Bonchev–Trinajstić information content (AvgIpc) is 2.66. The Labute approximate surface area is 224 Å². The van der Waals surface area contributed by atoms with E-state index in [9.17, 15) is 0 Å². The molecule has 6 heteroatoms. The van der Waals surface area contributed by atoms with Crippen LogP contribution in [0.5, 0.6) is 0 Å². The molecule has 36 heavy (non-hydrogen) atoms. The Morgan fingerprint density at radius 1 is 0.417 bits per heavy atom. The third-order valence-corrected chi connectivity index (χ3v) is 17.2. The first-order valence-corrected chi connectivity index (χ1v) is 17.3. The summed E-state index contributed by atoms with van der Waals surface area (Å²) in [4.78, 5) is 0. The first kappa shape index (κ1) is 27.7. The minimum atomic E-state index is -1.06. The molecule has 2 radical (unpaired) electrons. The fourth-order valence-corrected chi connectivity index (χ4v) is 19.4. The number of rotatable bonds is 3. The Balaban J connectivity index is 1.89. The Kier molecular flexibility index (Phi) is 7.07. The zero-order chi connectivity index (χ0) is 26.8. The molecule has 2 aliphatic rings. The van der Waals surface area contributed by atoms with Crippen LogP contribution in [0.15, 0.2) is 60.7 Å². The van der Waals surface area contributed by atoms with E-state index in [1.54, 1.807) is 0 Å². The highest BCUT2D eigenvalue weighted by atomic mass is 29.2. The highest BCUT2D eigenvalue weighted by Crippen LogP contribution is 2.54. The molecule has 0 aromatic heterocycles. The molecule has 0 N–H and O–H groups in total. The zero-order valence-electron chi connectivity index (χ0n) is 24.7. The van der Waals surface area contributed by atoms with Gasteiger partial charge in [-0.2, -0.15) is 0 Å². The van der Waals surface area contributed by atoms with Crippen LogP contribution in [0.4, 0.5) is 0 Å². The molecule has 4 nitrogen and oxygen atoms in total. The molecule has 0 aliphatic carbocycles. The van der Waals surface area contributed by atoms with Crippen molar-refractivity contribution in [2.24, 2.45) is 0 Å². The predicted octanol–water partition coefficient (Wildman–Crippen LogP) is 6.87. The lowest BCUT2D eigenvalue weighted by molar-refractivity contribution is -0.0556. The summed E-state index contributed by atoms with van der Waals surface area (Å²) in [7, 11) is -2.11. The van der Waals surface area contributed by atoms with Gasteiger partial charge in [-0.15, -0.1) is 0 Å². The van der Waals surface area contributed by atoms with Gasteiger partial charge in [-0.25, -0.2) is 0 Å². The van der Waals surface area contributed by atoms with Crippen molar-refractivity contribution in [3.8, 4) is 0 Å². The topological polar surface area (TPSA) is 13.0 Å². The van der Waals surface area contributed by atoms with Crippen LogP contribution in [0, 0.1) is 0 Å². The fraction of sp³-hybridized carbons (Fsp3) is 0.600. The fourth-order valence-electron chi connectivity index (χ4n) is 5.83. The van der Waals surface area contributed by atoms with Gasteiger partial charge in [-0.3, -0.25) is 18.3 Å². The third kappa shape index (κ3) is 4.81. The van der Waals surface area contributed by atoms with Gasteiger partial charge >= 0.3 is 0 Å². The van der Waals surface area contributed by atoms with Crippen molar-refractivity contribution < 1.29 is 0 Å². The number of hydrogen-bond acceptors (Lipinski definition) is 4. The minimum absolute atomic E-state index is 0.0825. The van der Waals surface area contributed by atoms with Crippen molar-refractivity contribution in [2.45, 2.75) is 118 Å². The molecule has 4 rings (SSSR count). The van der Waals surface area contributed by atoms with Gasteiger partial charge in [0, 0.05) is 22.2 Å². The molecule has 0 unspecified atom stereocenters. The normalized spacial score (nSPS) is 21.6. The van der Waals surface area contributed by atoms with Crippen LogP contribution in [0.3, 0.4) is 0 Å². The number of hydrogen-bond donors (Lipinski definition) is 0. The Hall–Kier alpha value is -1.29. The number of nitrogens with zero attached hydrogens (tertiary/aromatic N) is 4. The molecule has 2 saturated heterocycles. The lowest BCUT2D eigenvalue weighted by Crippen LogP contribution is -2.93. The van der Waals surface area contributed by atoms with E-state index >= 15 is 0 Å². The van der Waals surface area contributed by atoms with Crippen molar-refractivity contribution in [3.63, 3.8) is 0 Å². The lowest BCUT2D eigenvalue weighted by Gasteiger charge is -2.74. The van der Waals surface area contributed by atoms with E-state index in [1.807, 2.05) is 0 Å². The van der Waals surface area contributed by atoms with Crippen LogP contribution in [0.2, 0.25) is 0 Å². The Bertz CT molecular complexity index is 902. The van der Waals surface area contributed by atoms with Crippen LogP contribution in [0.25, 0.3) is 0 Å². The van der Waals surface area contributed by atoms with Crippen LogP contribution in [-0.2, 0) is 0 Å². The van der Waals surface area contributed by atoms with Gasteiger partial charge in [0.2, 0.25) is 0 Å². The second-order valence-electron chi connectivity index (χ2n) is 14.4. The van der Waals surface area contributed by atoms with Crippen LogP contribution in [0.1, 0.15) is 107 Å². The van der Waals surface area contributed by atoms with Crippen LogP contribution >= 0.6 is 0 Å². The maximum absolute atomic E-state index is 2.92. The second-order valence-corrected chi connectivity index (χ2v) is 20.3. The van der Waals surface area contributed by atoms with Gasteiger partial charge in [-0.05, 0) is 94.2 Å². The van der Waals surface area contributed by atoms with E-state index in [4.69, 9.17) is 0 Å². The minimum Gasteiger partial charge on any atom is -0.289 e. The maximum atomic E-state index is 2.92. The molecule has 2 aliphatic heterocycles. The van der Waals surface area contributed by atoms with Crippen molar-refractivity contribution in [2.75, 3.05) is 0 Å². The predicted molar refractivity (Wildman–Crippen MR) is 156 cm³/mol. The van der Waals surface area contributed by atoms with Crippen LogP contribution < -0.4 is 0 Å². The van der Waals surface area contributed by atoms with Gasteiger partial charge in [0.1, 0.15) is 0 Å². The molecule has 0 bridgehead atoms. The van der Waals surface area contributed by atoms with Crippen LogP contribution in [-0.4, -0.2) is 57.7 Å². The monoisotopic (exact) mass is 520 g/mol. The van der Waals surface area contributed by atoms with Crippen molar-refractivity contribution >= 4 is 17.3 Å². The summed E-state index contributed by atoms with van der Waals surface area (Å²) in [5.74, 6) is 0. The van der Waals surface area contributed by atoms with E-state index in [1.165, 1.54) is 11.1 Å². The van der Waals surface area contributed by atoms with Gasteiger partial charge < -0.3 is 0 Å². The summed E-state index contributed by atoms with van der Waals surface area (Å²) in [6, 6.07) is 22.4. The molecule has 0 spiro atoms. The molecule has 2 aromatic rings. The first-order valence-electron chi connectivity index (χ1n) is 13.5. The molecular weight excluding hydrogens is 473 g/mol. The van der Waals surface area contributed by atoms with Crippen molar-refractivity contribution in [1.29, 1.82) is 0 Å². The van der Waals surface area contributed by atoms with E-state index in [0.717, 1.165) is 0 Å². The molecular formula is C30H48N4Si2. The van der Waals surface area contributed by atoms with Gasteiger partial charge in [0.05, 0.1) is 12.3 Å². The van der Waals surface area contributed by atoms with E-state index < -0.39 is 17.3 Å². The van der Waals surface area contributed by atoms with E-state index in [2.05, 4.69) is 162 Å². The van der Waals surface area contributed by atoms with Gasteiger partial charge in [-0.1, -0.05) is 60.7 Å². The molecule has 2 heterocycles. The highest BCUT2D eigenvalue weighted by molar-refractivity contribution is 7.19.